The van der Waals surface area contributed by atoms with Crippen LogP contribution in [0.2, 0.25) is 0 Å². The third kappa shape index (κ3) is 3.81. The number of benzene rings is 1. The minimum Gasteiger partial charge on any atom is -0.380 e. The van der Waals surface area contributed by atoms with E-state index in [1.807, 2.05) is 6.92 Å². The Kier molecular flexibility index (Phi) is 8.19. The highest BCUT2D eigenvalue weighted by Crippen LogP contribution is 2.22. The van der Waals surface area contributed by atoms with Crippen LogP contribution in [0.5, 0.6) is 0 Å². The molecule has 0 atom stereocenters. The lowest BCUT2D eigenvalue weighted by atomic mass is 10.3. The Hall–Kier alpha value is -1.00. The van der Waals surface area contributed by atoms with Crippen molar-refractivity contribution in [2.45, 2.75) is 6.92 Å². The first-order valence-corrected chi connectivity index (χ1v) is 3.73. The van der Waals surface area contributed by atoms with Crippen LogP contribution in [0.1, 0.15) is 6.92 Å². The summed E-state index contributed by atoms with van der Waals surface area (Å²) in [4.78, 5) is 10.1. The van der Waals surface area contributed by atoms with Crippen molar-refractivity contribution >= 4 is 36.2 Å². The first kappa shape index (κ1) is 15.5. The molecule has 0 aliphatic carbocycles. The summed E-state index contributed by atoms with van der Waals surface area (Å²) in [6, 6.07) is 6.60. The molecule has 0 amide bonds. The number of hydrogen-bond donors (Lipinski definition) is 1. The van der Waals surface area contributed by atoms with E-state index in [1.165, 1.54) is 6.07 Å². The zero-order valence-electron chi connectivity index (χ0n) is 7.60. The zero-order valence-corrected chi connectivity index (χ0v) is 9.23. The zero-order chi connectivity index (χ0) is 8.97. The molecule has 1 aromatic rings. The topological polar surface area (TPSA) is 55.2 Å². The van der Waals surface area contributed by atoms with Crippen LogP contribution < -0.4 is 5.32 Å². The summed E-state index contributed by atoms with van der Waals surface area (Å²) in [6.45, 7) is 2.58. The van der Waals surface area contributed by atoms with Crippen LogP contribution in [0, 0.1) is 10.1 Å². The maximum absolute atomic E-state index is 10.5. The molecule has 0 radical (unpaired) electrons. The lowest BCUT2D eigenvalue weighted by Crippen LogP contribution is -2.00. The third-order valence-electron chi connectivity index (χ3n) is 1.47. The molecule has 1 N–H and O–H groups in total. The Balaban J connectivity index is 0. The summed E-state index contributed by atoms with van der Waals surface area (Å²) < 4.78 is 0. The summed E-state index contributed by atoms with van der Waals surface area (Å²) >= 11 is 0. The highest BCUT2D eigenvalue weighted by Gasteiger charge is 2.09. The predicted octanol–water partition coefficient (Wildman–Crippen LogP) is 2.87. The van der Waals surface area contributed by atoms with Gasteiger partial charge in [-0.05, 0) is 13.0 Å². The monoisotopic (exact) mass is 238 g/mol. The van der Waals surface area contributed by atoms with Crippen molar-refractivity contribution < 1.29 is 4.92 Å². The van der Waals surface area contributed by atoms with Crippen LogP contribution in [0.3, 0.4) is 0 Å². The van der Waals surface area contributed by atoms with E-state index < -0.39 is 4.92 Å². The predicted molar refractivity (Wildman–Crippen MR) is 61.8 cm³/mol. The van der Waals surface area contributed by atoms with Gasteiger partial charge in [-0.3, -0.25) is 10.1 Å². The van der Waals surface area contributed by atoms with E-state index in [4.69, 9.17) is 0 Å². The van der Waals surface area contributed by atoms with Gasteiger partial charge in [-0.1, -0.05) is 12.1 Å². The Morgan fingerprint density at radius 2 is 1.93 bits per heavy atom. The smallest absolute Gasteiger partial charge is 0.292 e. The molecule has 0 saturated heterocycles. The number of nitrogens with one attached hydrogen (secondary N) is 1. The number of rotatable bonds is 3. The van der Waals surface area contributed by atoms with Gasteiger partial charge in [0.05, 0.1) is 4.92 Å². The molecule has 0 fully saturated rings. The maximum atomic E-state index is 10.5. The van der Waals surface area contributed by atoms with Crippen molar-refractivity contribution in [2.75, 3.05) is 11.9 Å². The van der Waals surface area contributed by atoms with Gasteiger partial charge in [-0.15, -0.1) is 24.8 Å². The number of nitro benzene ring substituents is 1. The summed E-state index contributed by atoms with van der Waals surface area (Å²) in [5, 5.41) is 13.4. The van der Waals surface area contributed by atoms with Crippen molar-refractivity contribution in [2.24, 2.45) is 0 Å². The van der Waals surface area contributed by atoms with Crippen molar-refractivity contribution in [1.82, 2.24) is 0 Å². The molecular formula is C8H12Cl2N2O2. The van der Waals surface area contributed by atoms with Crippen LogP contribution in [-0.2, 0) is 0 Å². The molecule has 0 heterocycles. The molecule has 80 valence electrons. The van der Waals surface area contributed by atoms with E-state index in [1.54, 1.807) is 18.2 Å². The van der Waals surface area contributed by atoms with E-state index in [0.29, 0.717) is 12.2 Å². The Bertz CT molecular complexity index is 294. The molecule has 0 saturated carbocycles. The minimum absolute atomic E-state index is 0. The van der Waals surface area contributed by atoms with Gasteiger partial charge < -0.3 is 5.32 Å². The molecule has 4 nitrogen and oxygen atoms in total. The fourth-order valence-electron chi connectivity index (χ4n) is 0.973. The largest absolute Gasteiger partial charge is 0.380 e. The molecule has 0 spiro atoms. The first-order chi connectivity index (χ1) is 5.75. The number of para-hydroxylation sites is 2. The molecule has 0 aliphatic heterocycles. The highest BCUT2D eigenvalue weighted by atomic mass is 35.5. The van der Waals surface area contributed by atoms with Crippen molar-refractivity contribution in [3.8, 4) is 0 Å². The lowest BCUT2D eigenvalue weighted by molar-refractivity contribution is -0.384. The van der Waals surface area contributed by atoms with E-state index in [0.717, 1.165) is 0 Å². The van der Waals surface area contributed by atoms with Crippen LogP contribution in [0.15, 0.2) is 24.3 Å². The molecule has 1 rings (SSSR count). The SMILES string of the molecule is CCNc1ccccc1[N+](=O)[O-].Cl.Cl. The molecular weight excluding hydrogens is 227 g/mol. The average Bonchev–Trinajstić information content (AvgIpc) is 2.05. The van der Waals surface area contributed by atoms with Crippen LogP contribution >= 0.6 is 24.8 Å². The fraction of sp³-hybridized carbons (Fsp3) is 0.250. The van der Waals surface area contributed by atoms with Gasteiger partial charge >= 0.3 is 0 Å². The van der Waals surface area contributed by atoms with Gasteiger partial charge in [0, 0.05) is 12.6 Å². The molecule has 0 bridgehead atoms. The maximum Gasteiger partial charge on any atom is 0.292 e. The Labute approximate surface area is 94.7 Å². The van der Waals surface area contributed by atoms with Crippen LogP contribution in [0.25, 0.3) is 0 Å². The summed E-state index contributed by atoms with van der Waals surface area (Å²) in [5.41, 5.74) is 0.698. The molecule has 0 aliphatic rings. The second kappa shape index (κ2) is 7.41. The highest BCUT2D eigenvalue weighted by molar-refractivity contribution is 5.85. The van der Waals surface area contributed by atoms with Gasteiger partial charge in [0.15, 0.2) is 0 Å². The van der Waals surface area contributed by atoms with Gasteiger partial charge in [0.2, 0.25) is 0 Å². The van der Waals surface area contributed by atoms with Crippen LogP contribution in [0.4, 0.5) is 11.4 Å². The fourth-order valence-corrected chi connectivity index (χ4v) is 0.973. The Morgan fingerprint density at radius 1 is 1.36 bits per heavy atom. The van der Waals surface area contributed by atoms with Crippen molar-refractivity contribution in [1.29, 1.82) is 0 Å². The summed E-state index contributed by atoms with van der Waals surface area (Å²) in [6.07, 6.45) is 0. The molecule has 1 aromatic carbocycles. The van der Waals surface area contributed by atoms with Gasteiger partial charge in [0.25, 0.3) is 5.69 Å². The normalized spacial score (nSPS) is 8.07. The van der Waals surface area contributed by atoms with E-state index >= 15 is 0 Å². The standard InChI is InChI=1S/C8H10N2O2.2ClH/c1-2-9-7-5-3-4-6-8(7)10(11)12;;/h3-6,9H,2H2,1H3;2*1H. The van der Waals surface area contributed by atoms with Gasteiger partial charge in [-0.25, -0.2) is 0 Å². The quantitative estimate of drug-likeness (QED) is 0.651. The van der Waals surface area contributed by atoms with E-state index in [-0.39, 0.29) is 30.5 Å². The molecule has 14 heavy (non-hydrogen) atoms. The number of nitrogens with zero attached hydrogens (tertiary/aromatic N) is 1. The number of nitro groups is 1. The number of halogens is 2. The van der Waals surface area contributed by atoms with E-state index in [2.05, 4.69) is 5.32 Å². The second-order valence-corrected chi connectivity index (χ2v) is 2.30. The number of anilines is 1. The van der Waals surface area contributed by atoms with Crippen molar-refractivity contribution in [3.05, 3.63) is 34.4 Å². The summed E-state index contributed by atoms with van der Waals surface area (Å²) in [5.74, 6) is 0. The molecule has 0 aromatic heterocycles. The molecule has 0 unspecified atom stereocenters. The first-order valence-electron chi connectivity index (χ1n) is 3.73. The van der Waals surface area contributed by atoms with E-state index in [9.17, 15) is 10.1 Å². The van der Waals surface area contributed by atoms with Crippen LogP contribution in [-0.4, -0.2) is 11.5 Å². The van der Waals surface area contributed by atoms with Crippen molar-refractivity contribution in [3.63, 3.8) is 0 Å². The Morgan fingerprint density at radius 3 is 2.43 bits per heavy atom. The van der Waals surface area contributed by atoms with Gasteiger partial charge in [0.1, 0.15) is 5.69 Å². The third-order valence-corrected chi connectivity index (χ3v) is 1.47. The average molecular weight is 239 g/mol. The lowest BCUT2D eigenvalue weighted by Gasteiger charge is -2.02. The minimum atomic E-state index is -0.391. The summed E-state index contributed by atoms with van der Waals surface area (Å²) in [7, 11) is 0. The second-order valence-electron chi connectivity index (χ2n) is 2.30. The molecule has 6 heteroatoms. The number of hydrogen-bond acceptors (Lipinski definition) is 3. The van der Waals surface area contributed by atoms with Gasteiger partial charge in [-0.2, -0.15) is 0 Å².